The molecule has 1 aromatic carbocycles. The van der Waals surface area contributed by atoms with Gasteiger partial charge in [0.1, 0.15) is 18.1 Å². The van der Waals surface area contributed by atoms with Crippen molar-refractivity contribution in [3.05, 3.63) is 29.3 Å². The number of fused-ring (bicyclic) bond motifs is 1. The Bertz CT molecular complexity index is 723. The van der Waals surface area contributed by atoms with Crippen LogP contribution in [0.5, 0.6) is 5.75 Å². The number of hydrogen-bond acceptors (Lipinski definition) is 6. The van der Waals surface area contributed by atoms with Gasteiger partial charge >= 0.3 is 0 Å². The van der Waals surface area contributed by atoms with Crippen LogP contribution in [0.15, 0.2) is 18.2 Å². The number of aliphatic hydroxyl groups is 1. The van der Waals surface area contributed by atoms with E-state index in [1.54, 1.807) is 4.90 Å². The quantitative estimate of drug-likeness (QED) is 0.688. The van der Waals surface area contributed by atoms with E-state index in [2.05, 4.69) is 17.6 Å². The number of amides is 2. The summed E-state index contributed by atoms with van der Waals surface area (Å²) >= 11 is 0. The third kappa shape index (κ3) is 3.34. The van der Waals surface area contributed by atoms with Gasteiger partial charge in [-0.25, -0.2) is 0 Å². The highest BCUT2D eigenvalue weighted by molar-refractivity contribution is 6.00. The molecule has 2 saturated heterocycles. The number of rotatable bonds is 3. The van der Waals surface area contributed by atoms with Crippen molar-refractivity contribution in [2.24, 2.45) is 5.92 Å². The first kappa shape index (κ1) is 17.5. The van der Waals surface area contributed by atoms with Crippen LogP contribution in [0.3, 0.4) is 0 Å². The molecule has 0 saturated carbocycles. The molecule has 2 fully saturated rings. The zero-order chi connectivity index (χ0) is 18.3. The average Bonchev–Trinajstić information content (AvgIpc) is 2.91. The highest BCUT2D eigenvalue weighted by Gasteiger charge is 2.39. The number of piperidine rings is 2. The number of imide groups is 1. The number of aliphatic hydroxyl groups excluding tert-OH is 1. The molecule has 2 amide bonds. The maximum atomic E-state index is 12.1. The van der Waals surface area contributed by atoms with Crippen molar-refractivity contribution in [1.29, 1.82) is 0 Å². The van der Waals surface area contributed by atoms with Crippen LogP contribution in [0.2, 0.25) is 0 Å². The van der Waals surface area contributed by atoms with Gasteiger partial charge in [0.25, 0.3) is 0 Å². The van der Waals surface area contributed by atoms with E-state index >= 15 is 0 Å². The van der Waals surface area contributed by atoms with Gasteiger partial charge in [0.2, 0.25) is 11.8 Å². The van der Waals surface area contributed by atoms with Gasteiger partial charge in [0, 0.05) is 25.1 Å². The lowest BCUT2D eigenvalue weighted by molar-refractivity contribution is -0.141. The highest BCUT2D eigenvalue weighted by Crippen LogP contribution is 2.37. The van der Waals surface area contributed by atoms with Gasteiger partial charge in [-0.3, -0.25) is 19.8 Å². The Morgan fingerprint density at radius 3 is 2.88 bits per heavy atom. The molecule has 7 nitrogen and oxygen atoms in total. The van der Waals surface area contributed by atoms with Crippen molar-refractivity contribution < 1.29 is 19.4 Å². The molecule has 2 unspecified atom stereocenters. The summed E-state index contributed by atoms with van der Waals surface area (Å²) in [5.74, 6) is 0.810. The van der Waals surface area contributed by atoms with E-state index in [4.69, 9.17) is 4.74 Å². The maximum absolute atomic E-state index is 12.1. The monoisotopic (exact) mass is 359 g/mol. The SMILES string of the molecule is C[C@H]1CNC[C@H](Oc2ccc3c(c2)CN(C2CCC(=O)NC2=O)C3O)C1. The van der Waals surface area contributed by atoms with E-state index in [1.807, 2.05) is 18.2 Å². The van der Waals surface area contributed by atoms with Crippen molar-refractivity contribution in [2.45, 2.75) is 51.1 Å². The second-order valence-corrected chi connectivity index (χ2v) is 7.61. The van der Waals surface area contributed by atoms with Crippen LogP contribution in [0.4, 0.5) is 0 Å². The zero-order valence-corrected chi connectivity index (χ0v) is 14.9. The minimum atomic E-state index is -0.834. The number of nitrogens with zero attached hydrogens (tertiary/aromatic N) is 1. The average molecular weight is 359 g/mol. The first-order valence-electron chi connectivity index (χ1n) is 9.29. The summed E-state index contributed by atoms with van der Waals surface area (Å²) in [4.78, 5) is 25.2. The standard InChI is InChI=1S/C19H25N3O4/c1-11-6-14(9-20-8-11)26-13-2-3-15-12(7-13)10-22(19(15)25)16-4-5-17(23)21-18(16)24/h2-3,7,11,14,16,19-20,25H,4-6,8-10H2,1H3,(H,21,23,24)/t11-,14-,16?,19?/m1/s1. The van der Waals surface area contributed by atoms with Crippen molar-refractivity contribution in [1.82, 2.24) is 15.5 Å². The normalized spacial score (nSPS) is 32.2. The first-order valence-corrected chi connectivity index (χ1v) is 9.29. The maximum Gasteiger partial charge on any atom is 0.244 e. The van der Waals surface area contributed by atoms with E-state index in [0.717, 1.165) is 36.4 Å². The minimum Gasteiger partial charge on any atom is -0.489 e. The number of benzene rings is 1. The molecule has 0 bridgehead atoms. The number of hydrogen-bond donors (Lipinski definition) is 3. The summed E-state index contributed by atoms with van der Waals surface area (Å²) in [6, 6.07) is 5.24. The lowest BCUT2D eigenvalue weighted by Crippen LogP contribution is -2.51. The lowest BCUT2D eigenvalue weighted by Gasteiger charge is -2.31. The molecule has 7 heteroatoms. The van der Waals surface area contributed by atoms with Crippen molar-refractivity contribution in [2.75, 3.05) is 13.1 Å². The highest BCUT2D eigenvalue weighted by atomic mass is 16.5. The molecule has 0 aliphatic carbocycles. The Balaban J connectivity index is 1.47. The molecule has 140 valence electrons. The van der Waals surface area contributed by atoms with Crippen molar-refractivity contribution in [3.8, 4) is 5.75 Å². The van der Waals surface area contributed by atoms with Gasteiger partial charge in [0.15, 0.2) is 0 Å². The van der Waals surface area contributed by atoms with Gasteiger partial charge in [-0.15, -0.1) is 0 Å². The van der Waals surface area contributed by atoms with Crippen LogP contribution in [0.1, 0.15) is 43.5 Å². The van der Waals surface area contributed by atoms with Crippen molar-refractivity contribution in [3.63, 3.8) is 0 Å². The first-order chi connectivity index (χ1) is 12.5. The van der Waals surface area contributed by atoms with Gasteiger partial charge in [-0.05, 0) is 43.0 Å². The van der Waals surface area contributed by atoms with E-state index in [-0.39, 0.29) is 17.9 Å². The van der Waals surface area contributed by atoms with Crippen LogP contribution in [0.25, 0.3) is 0 Å². The fourth-order valence-electron chi connectivity index (χ4n) is 4.17. The van der Waals surface area contributed by atoms with Crippen molar-refractivity contribution >= 4 is 11.8 Å². The summed E-state index contributed by atoms with van der Waals surface area (Å²) in [6.07, 6.45) is 1.07. The molecule has 3 heterocycles. The summed E-state index contributed by atoms with van der Waals surface area (Å²) in [5, 5.41) is 16.4. The molecule has 4 rings (SSSR count). The molecule has 0 spiro atoms. The molecule has 3 N–H and O–H groups in total. The molecule has 0 radical (unpaired) electrons. The van der Waals surface area contributed by atoms with E-state index in [1.165, 1.54) is 0 Å². The predicted molar refractivity (Wildman–Crippen MR) is 94.2 cm³/mol. The Kier molecular flexibility index (Phi) is 4.69. The largest absolute Gasteiger partial charge is 0.489 e. The number of carbonyl (C=O) groups is 2. The molecule has 0 aromatic heterocycles. The Hall–Kier alpha value is -1.96. The topological polar surface area (TPSA) is 90.9 Å². The fourth-order valence-corrected chi connectivity index (χ4v) is 4.17. The Labute approximate surface area is 152 Å². The number of carbonyl (C=O) groups excluding carboxylic acids is 2. The van der Waals surface area contributed by atoms with Crippen LogP contribution in [0, 0.1) is 5.92 Å². The minimum absolute atomic E-state index is 0.148. The van der Waals surface area contributed by atoms with Gasteiger partial charge < -0.3 is 15.2 Å². The van der Waals surface area contributed by atoms with Crippen LogP contribution in [-0.2, 0) is 16.1 Å². The fraction of sp³-hybridized carbons (Fsp3) is 0.579. The molecule has 3 aliphatic rings. The van der Waals surface area contributed by atoms with Gasteiger partial charge in [0.05, 0.1) is 6.04 Å². The second-order valence-electron chi connectivity index (χ2n) is 7.61. The number of nitrogens with one attached hydrogen (secondary N) is 2. The Morgan fingerprint density at radius 2 is 2.12 bits per heavy atom. The Morgan fingerprint density at radius 1 is 1.27 bits per heavy atom. The van der Waals surface area contributed by atoms with Gasteiger partial charge in [-0.1, -0.05) is 13.0 Å². The summed E-state index contributed by atoms with van der Waals surface area (Å²) in [6.45, 7) is 4.54. The second kappa shape index (κ2) is 6.98. The van der Waals surface area contributed by atoms with Gasteiger partial charge in [-0.2, -0.15) is 0 Å². The zero-order valence-electron chi connectivity index (χ0n) is 14.9. The molecule has 26 heavy (non-hydrogen) atoms. The van der Waals surface area contributed by atoms with Crippen LogP contribution in [-0.4, -0.2) is 47.1 Å². The third-order valence-corrected chi connectivity index (χ3v) is 5.50. The van der Waals surface area contributed by atoms with Crippen LogP contribution >= 0.6 is 0 Å². The predicted octanol–water partition coefficient (Wildman–Crippen LogP) is 0.675. The molecular formula is C19H25N3O4. The molecule has 4 atom stereocenters. The van der Waals surface area contributed by atoms with E-state index in [9.17, 15) is 14.7 Å². The van der Waals surface area contributed by atoms with Crippen LogP contribution < -0.4 is 15.4 Å². The summed E-state index contributed by atoms with van der Waals surface area (Å²) in [5.41, 5.74) is 1.77. The molecule has 3 aliphatic heterocycles. The van der Waals surface area contributed by atoms with E-state index in [0.29, 0.717) is 25.3 Å². The van der Waals surface area contributed by atoms with E-state index < -0.39 is 12.3 Å². The summed E-state index contributed by atoms with van der Waals surface area (Å²) in [7, 11) is 0. The molecule has 1 aromatic rings. The smallest absolute Gasteiger partial charge is 0.244 e. The lowest BCUT2D eigenvalue weighted by atomic mass is 9.99. The molecular weight excluding hydrogens is 334 g/mol. The number of ether oxygens (including phenoxy) is 1. The summed E-state index contributed by atoms with van der Waals surface area (Å²) < 4.78 is 6.12. The third-order valence-electron chi connectivity index (χ3n) is 5.50.